The Balaban J connectivity index is 2.03. The Bertz CT molecular complexity index is 414. The number of pyridine rings is 1. The molecule has 1 aliphatic rings. The lowest BCUT2D eigenvalue weighted by Gasteiger charge is -2.36. The minimum Gasteiger partial charge on any atom is -0.481 e. The van der Waals surface area contributed by atoms with E-state index in [1.807, 2.05) is 12.3 Å². The number of carboxylic acids is 1. The van der Waals surface area contributed by atoms with Crippen LogP contribution >= 0.6 is 0 Å². The predicted octanol–water partition coefficient (Wildman–Crippen LogP) is 3.11. The number of hydrogen-bond acceptors (Lipinski definition) is 3. The number of piperidine rings is 1. The molecular weight excluding hydrogens is 252 g/mol. The fraction of sp³-hybridized carbons (Fsp3) is 0.625. The zero-order chi connectivity index (χ0) is 14.4. The number of carbonyl (C=O) groups is 1. The summed E-state index contributed by atoms with van der Waals surface area (Å²) in [4.78, 5) is 17.7. The molecule has 0 radical (unpaired) electrons. The number of aromatic nitrogens is 1. The van der Waals surface area contributed by atoms with Gasteiger partial charge in [0, 0.05) is 18.4 Å². The summed E-state index contributed by atoms with van der Waals surface area (Å²) in [6.45, 7) is 3.96. The Morgan fingerprint density at radius 3 is 2.80 bits per heavy atom. The first-order chi connectivity index (χ1) is 9.72. The molecule has 1 fully saturated rings. The van der Waals surface area contributed by atoms with Gasteiger partial charge in [-0.3, -0.25) is 14.7 Å². The number of hydrogen-bond donors (Lipinski definition) is 1. The van der Waals surface area contributed by atoms with Crippen LogP contribution in [0.5, 0.6) is 0 Å². The smallest absolute Gasteiger partial charge is 0.306 e. The van der Waals surface area contributed by atoms with Crippen molar-refractivity contribution < 1.29 is 9.90 Å². The Hall–Kier alpha value is -1.42. The van der Waals surface area contributed by atoms with Gasteiger partial charge in [-0.15, -0.1) is 0 Å². The molecule has 2 rings (SSSR count). The molecule has 1 unspecified atom stereocenters. The second-order valence-electron chi connectivity index (χ2n) is 5.59. The first-order valence-corrected chi connectivity index (χ1v) is 7.59. The topological polar surface area (TPSA) is 53.4 Å². The Kier molecular flexibility index (Phi) is 5.53. The molecule has 4 nitrogen and oxygen atoms in total. The quantitative estimate of drug-likeness (QED) is 0.867. The average molecular weight is 276 g/mol. The third-order valence-corrected chi connectivity index (χ3v) is 4.22. The van der Waals surface area contributed by atoms with Gasteiger partial charge >= 0.3 is 5.97 Å². The van der Waals surface area contributed by atoms with Gasteiger partial charge in [0.05, 0.1) is 5.92 Å². The van der Waals surface area contributed by atoms with Crippen LogP contribution in [0.15, 0.2) is 24.5 Å². The van der Waals surface area contributed by atoms with Crippen molar-refractivity contribution in [1.29, 1.82) is 0 Å². The number of carboxylic acid groups (broad SMARTS) is 1. The molecular formula is C16H24N2O2. The predicted molar refractivity (Wildman–Crippen MR) is 78.4 cm³/mol. The van der Waals surface area contributed by atoms with E-state index >= 15 is 0 Å². The van der Waals surface area contributed by atoms with E-state index in [1.54, 1.807) is 6.20 Å². The lowest BCUT2D eigenvalue weighted by Crippen LogP contribution is -2.38. The van der Waals surface area contributed by atoms with Crippen LogP contribution in [0.1, 0.15) is 50.6 Å². The molecule has 0 aliphatic carbocycles. The largest absolute Gasteiger partial charge is 0.481 e. The van der Waals surface area contributed by atoms with Gasteiger partial charge in [-0.25, -0.2) is 0 Å². The molecule has 1 aromatic rings. The normalized spacial score (nSPS) is 18.9. The Labute approximate surface area is 120 Å². The summed E-state index contributed by atoms with van der Waals surface area (Å²) in [7, 11) is 0. The average Bonchev–Trinajstić information content (AvgIpc) is 2.49. The van der Waals surface area contributed by atoms with Gasteiger partial charge in [-0.2, -0.15) is 0 Å². The van der Waals surface area contributed by atoms with Crippen LogP contribution in [0.4, 0.5) is 0 Å². The van der Waals surface area contributed by atoms with Gasteiger partial charge in [0.2, 0.25) is 0 Å². The summed E-state index contributed by atoms with van der Waals surface area (Å²) in [5.41, 5.74) is 1.26. The summed E-state index contributed by atoms with van der Waals surface area (Å²) in [6.07, 6.45) is 8.78. The van der Waals surface area contributed by atoms with Crippen molar-refractivity contribution in [3.8, 4) is 0 Å². The van der Waals surface area contributed by atoms with Crippen molar-refractivity contribution in [2.45, 2.75) is 45.1 Å². The molecule has 0 amide bonds. The highest BCUT2D eigenvalue weighted by atomic mass is 16.4. The van der Waals surface area contributed by atoms with Crippen LogP contribution in [0, 0.1) is 5.92 Å². The number of rotatable bonds is 6. The molecule has 0 saturated carbocycles. The molecule has 1 N–H and O–H groups in total. The van der Waals surface area contributed by atoms with E-state index in [2.05, 4.69) is 22.9 Å². The van der Waals surface area contributed by atoms with Gasteiger partial charge < -0.3 is 5.11 Å². The molecule has 2 heterocycles. The fourth-order valence-corrected chi connectivity index (χ4v) is 2.99. The van der Waals surface area contributed by atoms with E-state index in [1.165, 1.54) is 18.4 Å². The maximum Gasteiger partial charge on any atom is 0.306 e. The lowest BCUT2D eigenvalue weighted by atomic mass is 9.93. The zero-order valence-corrected chi connectivity index (χ0v) is 12.2. The summed E-state index contributed by atoms with van der Waals surface area (Å²) in [5, 5.41) is 9.09. The van der Waals surface area contributed by atoms with E-state index in [0.717, 1.165) is 32.4 Å². The second kappa shape index (κ2) is 7.39. The minimum absolute atomic E-state index is 0.160. The first-order valence-electron chi connectivity index (χ1n) is 7.59. The van der Waals surface area contributed by atoms with Crippen molar-refractivity contribution in [3.05, 3.63) is 30.1 Å². The first kappa shape index (κ1) is 15.0. The fourth-order valence-electron chi connectivity index (χ4n) is 2.99. The molecule has 4 heteroatoms. The van der Waals surface area contributed by atoms with E-state index in [0.29, 0.717) is 6.04 Å². The van der Waals surface area contributed by atoms with Crippen molar-refractivity contribution in [3.63, 3.8) is 0 Å². The van der Waals surface area contributed by atoms with Crippen molar-refractivity contribution in [1.82, 2.24) is 9.88 Å². The third kappa shape index (κ3) is 3.79. The monoisotopic (exact) mass is 276 g/mol. The molecule has 0 spiro atoms. The number of likely N-dealkylation sites (tertiary alicyclic amines) is 1. The van der Waals surface area contributed by atoms with Crippen LogP contribution in [0.2, 0.25) is 0 Å². The molecule has 1 aliphatic heterocycles. The molecule has 1 aromatic heterocycles. The van der Waals surface area contributed by atoms with Crippen LogP contribution < -0.4 is 0 Å². The lowest BCUT2D eigenvalue weighted by molar-refractivity contribution is -0.143. The van der Waals surface area contributed by atoms with Crippen LogP contribution in [-0.4, -0.2) is 34.0 Å². The van der Waals surface area contributed by atoms with Gasteiger partial charge in [0.1, 0.15) is 0 Å². The van der Waals surface area contributed by atoms with Crippen molar-refractivity contribution in [2.75, 3.05) is 13.1 Å². The van der Waals surface area contributed by atoms with Crippen molar-refractivity contribution in [2.24, 2.45) is 5.92 Å². The molecule has 0 aromatic carbocycles. The second-order valence-corrected chi connectivity index (χ2v) is 5.59. The van der Waals surface area contributed by atoms with Gasteiger partial charge in [-0.05, 0) is 44.0 Å². The SMILES string of the molecule is CCCCC(c1cccnc1)N1CCC(C(=O)O)CC1. The van der Waals surface area contributed by atoms with Crippen molar-refractivity contribution >= 4 is 5.97 Å². The minimum atomic E-state index is -0.642. The molecule has 0 bridgehead atoms. The standard InChI is InChI=1S/C16H24N2O2/c1-2-3-6-15(14-5-4-9-17-12-14)18-10-7-13(8-11-18)16(19)20/h4-5,9,12-13,15H,2-3,6-8,10-11H2,1H3,(H,19,20). The molecule has 1 saturated heterocycles. The zero-order valence-electron chi connectivity index (χ0n) is 12.2. The van der Waals surface area contributed by atoms with E-state index < -0.39 is 5.97 Å². The van der Waals surface area contributed by atoms with Gasteiger partial charge in [0.15, 0.2) is 0 Å². The molecule has 110 valence electrons. The highest BCUT2D eigenvalue weighted by Crippen LogP contribution is 2.30. The summed E-state index contributed by atoms with van der Waals surface area (Å²) in [5.74, 6) is -0.803. The molecule has 1 atom stereocenters. The van der Waals surface area contributed by atoms with E-state index in [-0.39, 0.29) is 5.92 Å². The van der Waals surface area contributed by atoms with Crippen LogP contribution in [-0.2, 0) is 4.79 Å². The van der Waals surface area contributed by atoms with E-state index in [9.17, 15) is 4.79 Å². The number of aliphatic carboxylic acids is 1. The van der Waals surface area contributed by atoms with Gasteiger partial charge in [-0.1, -0.05) is 25.8 Å². The van der Waals surface area contributed by atoms with Gasteiger partial charge in [0.25, 0.3) is 0 Å². The third-order valence-electron chi connectivity index (χ3n) is 4.22. The Morgan fingerprint density at radius 1 is 1.50 bits per heavy atom. The highest BCUT2D eigenvalue weighted by Gasteiger charge is 2.28. The maximum atomic E-state index is 11.0. The number of unbranched alkanes of at least 4 members (excludes halogenated alkanes) is 1. The van der Waals surface area contributed by atoms with Crippen LogP contribution in [0.25, 0.3) is 0 Å². The highest BCUT2D eigenvalue weighted by molar-refractivity contribution is 5.70. The number of nitrogens with zero attached hydrogens (tertiary/aromatic N) is 2. The van der Waals surface area contributed by atoms with Crippen LogP contribution in [0.3, 0.4) is 0 Å². The summed E-state index contributed by atoms with van der Waals surface area (Å²) in [6, 6.07) is 4.51. The summed E-state index contributed by atoms with van der Waals surface area (Å²) < 4.78 is 0. The maximum absolute atomic E-state index is 11.0. The van der Waals surface area contributed by atoms with E-state index in [4.69, 9.17) is 5.11 Å². The summed E-state index contributed by atoms with van der Waals surface area (Å²) >= 11 is 0. The molecule has 20 heavy (non-hydrogen) atoms. The Morgan fingerprint density at radius 2 is 2.25 bits per heavy atom.